The van der Waals surface area contributed by atoms with E-state index in [1.807, 2.05) is 4.90 Å². The second kappa shape index (κ2) is 8.27. The topological polar surface area (TPSA) is 69.7 Å². The van der Waals surface area contributed by atoms with E-state index < -0.39 is 27.7 Å². The highest BCUT2D eigenvalue weighted by Gasteiger charge is 2.32. The van der Waals surface area contributed by atoms with Gasteiger partial charge in [0.2, 0.25) is 10.0 Å². The molecule has 1 aliphatic heterocycles. The molecular weight excluding hydrogens is 419 g/mol. The molecule has 1 fully saturated rings. The third-order valence-corrected chi connectivity index (χ3v) is 6.70. The van der Waals surface area contributed by atoms with Crippen molar-refractivity contribution in [1.82, 2.24) is 4.31 Å². The van der Waals surface area contributed by atoms with Crippen LogP contribution >= 0.6 is 0 Å². The van der Waals surface area contributed by atoms with Crippen LogP contribution < -0.4 is 10.2 Å². The van der Waals surface area contributed by atoms with Crippen molar-refractivity contribution in [3.8, 4) is 0 Å². The molecule has 162 valence electrons. The van der Waals surface area contributed by atoms with E-state index in [1.54, 1.807) is 0 Å². The quantitative estimate of drug-likeness (QED) is 0.766. The molecule has 6 nitrogen and oxygen atoms in total. The number of carbonyl (C=O) groups is 1. The van der Waals surface area contributed by atoms with Crippen LogP contribution in [0.1, 0.15) is 28.8 Å². The molecule has 1 amide bonds. The fourth-order valence-electron chi connectivity index (χ4n) is 3.25. The number of carbonyl (C=O) groups excluding carboxylic acids is 1. The van der Waals surface area contributed by atoms with Crippen LogP contribution in [-0.2, 0) is 16.2 Å². The maximum Gasteiger partial charge on any atom is 0.416 e. The van der Waals surface area contributed by atoms with Crippen molar-refractivity contribution in [3.63, 3.8) is 0 Å². The Morgan fingerprint density at radius 3 is 2.33 bits per heavy atom. The molecule has 2 aromatic rings. The number of sulfonamides is 1. The Hall–Kier alpha value is -2.59. The van der Waals surface area contributed by atoms with Gasteiger partial charge in [0, 0.05) is 32.7 Å². The predicted octanol–water partition coefficient (Wildman–Crippen LogP) is 3.81. The summed E-state index contributed by atoms with van der Waals surface area (Å²) in [5, 5.41) is 2.54. The van der Waals surface area contributed by atoms with Crippen LogP contribution in [0.5, 0.6) is 0 Å². The molecule has 0 aromatic heterocycles. The molecule has 1 saturated heterocycles. The number of benzene rings is 2. The molecule has 0 unspecified atom stereocenters. The number of nitrogens with one attached hydrogen (secondary N) is 1. The fourth-order valence-corrected chi connectivity index (χ4v) is 4.20. The first-order valence-electron chi connectivity index (χ1n) is 9.30. The minimum atomic E-state index is -4.55. The van der Waals surface area contributed by atoms with E-state index in [2.05, 4.69) is 5.32 Å². The standard InChI is InChI=1S/C20H22F3N3O3S/c1-25(2)30(28,29)16-7-5-6-14(12-16)19(27)24-17-13-15(20(21,22)23)8-9-18(17)26-10-3-4-11-26/h5-9,12-13H,3-4,10-11H2,1-2H3,(H,24,27). The van der Waals surface area contributed by atoms with Crippen molar-refractivity contribution < 1.29 is 26.4 Å². The van der Waals surface area contributed by atoms with Crippen LogP contribution in [0.4, 0.5) is 24.5 Å². The highest BCUT2D eigenvalue weighted by molar-refractivity contribution is 7.89. The van der Waals surface area contributed by atoms with Gasteiger partial charge in [0.15, 0.2) is 0 Å². The molecule has 0 saturated carbocycles. The molecule has 1 heterocycles. The summed E-state index contributed by atoms with van der Waals surface area (Å²) in [6.07, 6.45) is -2.72. The first-order valence-corrected chi connectivity index (χ1v) is 10.7. The number of amides is 1. The summed E-state index contributed by atoms with van der Waals surface area (Å²) in [5.41, 5.74) is -0.295. The molecule has 0 bridgehead atoms. The van der Waals surface area contributed by atoms with Crippen molar-refractivity contribution >= 4 is 27.3 Å². The van der Waals surface area contributed by atoms with Crippen LogP contribution in [0, 0.1) is 0 Å². The lowest BCUT2D eigenvalue weighted by Gasteiger charge is -2.23. The van der Waals surface area contributed by atoms with Gasteiger partial charge in [0.25, 0.3) is 5.91 Å². The van der Waals surface area contributed by atoms with Crippen LogP contribution in [-0.4, -0.2) is 45.8 Å². The molecule has 1 aliphatic rings. The monoisotopic (exact) mass is 441 g/mol. The maximum atomic E-state index is 13.2. The summed E-state index contributed by atoms with van der Waals surface area (Å²) < 4.78 is 65.2. The highest BCUT2D eigenvalue weighted by Crippen LogP contribution is 2.36. The molecular formula is C20H22F3N3O3S. The molecule has 0 spiro atoms. The molecule has 3 rings (SSSR count). The number of nitrogens with zero attached hydrogens (tertiary/aromatic N) is 2. The van der Waals surface area contributed by atoms with Crippen molar-refractivity contribution in [2.75, 3.05) is 37.4 Å². The molecule has 0 aliphatic carbocycles. The minimum absolute atomic E-state index is 0.0303. The second-order valence-electron chi connectivity index (χ2n) is 7.19. The van der Waals surface area contributed by atoms with Gasteiger partial charge >= 0.3 is 6.18 Å². The summed E-state index contributed by atoms with van der Waals surface area (Å²) in [7, 11) is -1.02. The zero-order valence-corrected chi connectivity index (χ0v) is 17.3. The lowest BCUT2D eigenvalue weighted by Crippen LogP contribution is -2.23. The molecule has 0 radical (unpaired) electrons. The Balaban J connectivity index is 1.96. The van der Waals surface area contributed by atoms with E-state index in [0.29, 0.717) is 18.8 Å². The van der Waals surface area contributed by atoms with Gasteiger partial charge < -0.3 is 10.2 Å². The van der Waals surface area contributed by atoms with Crippen LogP contribution in [0.2, 0.25) is 0 Å². The first kappa shape index (κ1) is 22.1. The highest BCUT2D eigenvalue weighted by atomic mass is 32.2. The number of hydrogen-bond donors (Lipinski definition) is 1. The molecule has 2 aromatic carbocycles. The largest absolute Gasteiger partial charge is 0.416 e. The normalized spacial score (nSPS) is 14.9. The van der Waals surface area contributed by atoms with Crippen LogP contribution in [0.3, 0.4) is 0 Å². The summed E-state index contributed by atoms with van der Waals surface area (Å²) >= 11 is 0. The third kappa shape index (κ3) is 4.59. The van der Waals surface area contributed by atoms with Gasteiger partial charge in [-0.05, 0) is 49.2 Å². The SMILES string of the molecule is CN(C)S(=O)(=O)c1cccc(C(=O)Nc2cc(C(F)(F)F)ccc2N2CCCC2)c1. The van der Waals surface area contributed by atoms with Gasteiger partial charge in [0.05, 0.1) is 21.8 Å². The van der Waals surface area contributed by atoms with E-state index in [1.165, 1.54) is 44.4 Å². The van der Waals surface area contributed by atoms with Crippen molar-refractivity contribution in [2.45, 2.75) is 23.9 Å². The van der Waals surface area contributed by atoms with E-state index in [9.17, 15) is 26.4 Å². The average molecular weight is 441 g/mol. The minimum Gasteiger partial charge on any atom is -0.370 e. The van der Waals surface area contributed by atoms with Gasteiger partial charge in [-0.15, -0.1) is 0 Å². The number of rotatable bonds is 5. The van der Waals surface area contributed by atoms with E-state index in [-0.39, 0.29) is 16.1 Å². The number of anilines is 2. The van der Waals surface area contributed by atoms with E-state index >= 15 is 0 Å². The smallest absolute Gasteiger partial charge is 0.370 e. The van der Waals surface area contributed by atoms with Crippen molar-refractivity contribution in [2.24, 2.45) is 0 Å². The first-order chi connectivity index (χ1) is 14.0. The van der Waals surface area contributed by atoms with Gasteiger partial charge in [-0.1, -0.05) is 6.07 Å². The fraction of sp³-hybridized carbons (Fsp3) is 0.350. The summed E-state index contributed by atoms with van der Waals surface area (Å²) in [5.74, 6) is -0.689. The summed E-state index contributed by atoms with van der Waals surface area (Å²) in [4.78, 5) is 14.6. The number of alkyl halides is 3. The zero-order valence-electron chi connectivity index (χ0n) is 16.5. The zero-order chi connectivity index (χ0) is 22.1. The van der Waals surface area contributed by atoms with Gasteiger partial charge in [-0.25, -0.2) is 12.7 Å². The van der Waals surface area contributed by atoms with Gasteiger partial charge in [-0.2, -0.15) is 13.2 Å². The Morgan fingerprint density at radius 1 is 1.07 bits per heavy atom. The Labute approximate surface area is 173 Å². The maximum absolute atomic E-state index is 13.2. The van der Waals surface area contributed by atoms with E-state index in [4.69, 9.17) is 0 Å². The van der Waals surface area contributed by atoms with Crippen LogP contribution in [0.25, 0.3) is 0 Å². The Bertz CT molecular complexity index is 1050. The van der Waals surface area contributed by atoms with Gasteiger partial charge in [0.1, 0.15) is 0 Å². The summed E-state index contributed by atoms with van der Waals surface area (Å²) in [6.45, 7) is 1.37. The lowest BCUT2D eigenvalue weighted by atomic mass is 10.1. The Kier molecular flexibility index (Phi) is 6.09. The number of halogens is 3. The average Bonchev–Trinajstić information content (AvgIpc) is 3.21. The molecule has 1 N–H and O–H groups in total. The predicted molar refractivity (Wildman–Crippen MR) is 108 cm³/mol. The molecule has 10 heteroatoms. The van der Waals surface area contributed by atoms with Crippen molar-refractivity contribution in [3.05, 3.63) is 53.6 Å². The molecule has 30 heavy (non-hydrogen) atoms. The summed E-state index contributed by atoms with van der Waals surface area (Å²) in [6, 6.07) is 8.64. The number of hydrogen-bond acceptors (Lipinski definition) is 4. The Morgan fingerprint density at radius 2 is 1.73 bits per heavy atom. The van der Waals surface area contributed by atoms with Gasteiger partial charge in [-0.3, -0.25) is 4.79 Å². The molecule has 0 atom stereocenters. The van der Waals surface area contributed by atoms with Crippen molar-refractivity contribution in [1.29, 1.82) is 0 Å². The second-order valence-corrected chi connectivity index (χ2v) is 9.35. The third-order valence-electron chi connectivity index (χ3n) is 4.89. The van der Waals surface area contributed by atoms with E-state index in [0.717, 1.165) is 29.3 Å². The van der Waals surface area contributed by atoms with Crippen LogP contribution in [0.15, 0.2) is 47.4 Å². The lowest BCUT2D eigenvalue weighted by molar-refractivity contribution is -0.137.